The number of benzene rings is 1. The average molecular weight is 1860 g/mol. The smallest absolute Gasteiger partial charge is 0.331 e. The molecule has 0 spiro atoms. The molecule has 1 fully saturated rings. The van der Waals surface area contributed by atoms with Crippen molar-refractivity contribution >= 4 is 107 Å². The molecule has 6 amide bonds. The molecule has 0 saturated heterocycles. The van der Waals surface area contributed by atoms with Crippen LogP contribution in [0.4, 0.5) is 0 Å². The molecule has 6 N–H and O–H groups in total. The highest BCUT2D eigenvalue weighted by Crippen LogP contribution is 2.24. The summed E-state index contributed by atoms with van der Waals surface area (Å²) >= 11 is 0. The van der Waals surface area contributed by atoms with Crippen molar-refractivity contribution in [1.82, 2.24) is 31.9 Å². The lowest BCUT2D eigenvalue weighted by molar-refractivity contribution is -0.143. The average Bonchev–Trinajstić information content (AvgIpc) is 0.915. The molecule has 0 heterocycles. The lowest BCUT2D eigenvalue weighted by Crippen LogP contribution is -2.46. The van der Waals surface area contributed by atoms with Gasteiger partial charge in [0.15, 0.2) is 0 Å². The number of amides is 6. The first kappa shape index (κ1) is 125. The molecule has 1 aromatic rings. The van der Waals surface area contributed by atoms with E-state index < -0.39 is 77.0 Å². The van der Waals surface area contributed by atoms with Gasteiger partial charge < -0.3 is 88.7 Å². The fourth-order valence-electron chi connectivity index (χ4n) is 9.58. The Hall–Kier alpha value is -11.9. The Morgan fingerprint density at radius 2 is 0.588 bits per heavy atom. The Kier molecular flexibility index (Phi) is 70.7. The second-order valence-electron chi connectivity index (χ2n) is 32.8. The minimum atomic E-state index is -0.664. The first-order chi connectivity index (χ1) is 61.3. The maximum Gasteiger partial charge on any atom is 0.331 e. The standard InChI is InChI=1S/C18H29NO5.C18H23NO5.C16H27NO5.C15H25NO5.2C14H23NO5/c2*1-4-23-16(20)10-11-17(21)24-12-15(13(2)3)19-18(22)14-8-6-5-7-9-14;1-7-21-13(18)8-9-14(19)22-10-12(11(2)3)17-15(20)16(4,5)6;1-6-20-13(17)7-8-14(18)21-9-12(10(2)3)16-15(19)11(4)5;1-9(2)12(15-11(5)16)8-19-13(17)6-7-14(18)20-10(3)4;1-5-12(16)15-11(10(3)4)9-20-14(18)8-7-13(17)19-6-2/h10-11,13-15H,4-9,12H2,1-3H3,(H,19,22);5-11,13,15H,4,12H2,1-3H3,(H,19,22);8-9,11-12H,7,10H2,1-6H3,(H,17,20);7-8,10-12H,6,9H2,1-5H3,(H,16,19);6-7,9-10,12H,8H2,1-5H3,(H,15,16);7-8,10-11H,5-6,9H2,1-4H3,(H,15,16)/b2*11-10+;9-8+;8-7+;7-6+;8-7+/t2*15-;3*12-;11-/m111111/s1. The number of carbonyl (C=O) groups excluding carboxylic acids is 18. The quantitative estimate of drug-likeness (QED) is 0.0201. The van der Waals surface area contributed by atoms with Gasteiger partial charge in [-0.1, -0.05) is 162 Å². The van der Waals surface area contributed by atoms with E-state index in [1.165, 1.54) is 13.3 Å². The number of ether oxygens (including phenoxy) is 12. The molecule has 0 aromatic heterocycles. The Morgan fingerprint density at radius 1 is 0.328 bits per heavy atom. The molecule has 0 unspecified atom stereocenters. The molecule has 1 saturated carbocycles. The zero-order valence-corrected chi connectivity index (χ0v) is 81.7. The molecule has 0 bridgehead atoms. The Balaban J connectivity index is -0.000000740. The second kappa shape index (κ2) is 73.9. The highest BCUT2D eigenvalue weighted by molar-refractivity contribution is 5.96. The van der Waals surface area contributed by atoms with Crippen LogP contribution in [0.5, 0.6) is 0 Å². The SMILES string of the molecule is CC(=O)N[C@H](COC(=O)/C=C/C(=O)OC(C)C)C(C)C.CCOC(=O)/C=C/C(=O)OC[C@@H](NC(=O)C(C)(C)C)C(C)C.CCOC(=O)/C=C/C(=O)OC[C@@H](NC(=O)C(C)C)C(C)C.CCOC(=O)/C=C/C(=O)OC[C@@H](NC(=O)C1CCCCC1)C(C)C.CCOC(=O)/C=C/C(=O)OC[C@@H](NC(=O)CC)C(C)C.CCOC(=O)/C=C/C(=O)OC[C@@H](NC(=O)c1ccccc1)C(C)C. The summed E-state index contributed by atoms with van der Waals surface area (Å²) in [7, 11) is 0. The highest BCUT2D eigenvalue weighted by Gasteiger charge is 2.29. The zero-order valence-electron chi connectivity index (χ0n) is 81.7. The molecular weight excluding hydrogens is 1710 g/mol. The summed E-state index contributed by atoms with van der Waals surface area (Å²) in [5.41, 5.74) is 0.0257. The largest absolute Gasteiger partial charge is 0.463 e. The normalized spacial score (nSPS) is 13.3. The van der Waals surface area contributed by atoms with Crippen molar-refractivity contribution in [1.29, 1.82) is 0 Å². The highest BCUT2D eigenvalue weighted by atomic mass is 16.6. The van der Waals surface area contributed by atoms with E-state index in [1.807, 2.05) is 110 Å². The molecule has 2 rings (SSSR count). The molecule has 0 radical (unpaired) electrons. The fraction of sp³-hybridized carbons (Fsp3) is 0.621. The van der Waals surface area contributed by atoms with E-state index in [-0.39, 0.29) is 198 Å². The molecule has 131 heavy (non-hydrogen) atoms. The summed E-state index contributed by atoms with van der Waals surface area (Å²) in [6.07, 6.45) is 17.6. The minimum Gasteiger partial charge on any atom is -0.463 e. The maximum absolute atomic E-state index is 12.3. The van der Waals surface area contributed by atoms with Crippen LogP contribution in [0.2, 0.25) is 0 Å². The number of rotatable bonds is 46. The number of nitrogens with one attached hydrogen (secondary N) is 6. The van der Waals surface area contributed by atoms with E-state index in [1.54, 1.807) is 93.5 Å². The van der Waals surface area contributed by atoms with Crippen molar-refractivity contribution in [3.8, 4) is 0 Å². The van der Waals surface area contributed by atoms with Crippen LogP contribution in [-0.4, -0.2) is 222 Å². The third kappa shape index (κ3) is 69.7. The van der Waals surface area contributed by atoms with Crippen molar-refractivity contribution in [3.63, 3.8) is 0 Å². The zero-order chi connectivity index (χ0) is 101. The predicted octanol–water partition coefficient (Wildman–Crippen LogP) is 10.2. The molecule has 1 aromatic carbocycles. The molecule has 1 aliphatic rings. The van der Waals surface area contributed by atoms with Gasteiger partial charge >= 0.3 is 71.6 Å². The van der Waals surface area contributed by atoms with Crippen LogP contribution in [0.1, 0.15) is 229 Å². The summed E-state index contributed by atoms with van der Waals surface area (Å²) in [6, 6.07) is 7.17. The predicted molar refractivity (Wildman–Crippen MR) is 488 cm³/mol. The third-order valence-electron chi connectivity index (χ3n) is 17.7. The molecule has 740 valence electrons. The fourth-order valence-corrected chi connectivity index (χ4v) is 9.58. The van der Waals surface area contributed by atoms with E-state index in [2.05, 4.69) is 55.6 Å². The first-order valence-corrected chi connectivity index (χ1v) is 44.3. The van der Waals surface area contributed by atoms with E-state index in [4.69, 9.17) is 33.2 Å². The number of esters is 12. The number of hydrogen-bond donors (Lipinski definition) is 6. The van der Waals surface area contributed by atoms with Crippen LogP contribution in [0.3, 0.4) is 0 Å². The van der Waals surface area contributed by atoms with Crippen LogP contribution in [-0.2, 0) is 138 Å². The van der Waals surface area contributed by atoms with Crippen LogP contribution >= 0.6 is 0 Å². The second-order valence-corrected chi connectivity index (χ2v) is 32.8. The summed E-state index contributed by atoms with van der Waals surface area (Å²) in [6.45, 7) is 48.7. The van der Waals surface area contributed by atoms with E-state index in [9.17, 15) is 86.3 Å². The monoisotopic (exact) mass is 1860 g/mol. The van der Waals surface area contributed by atoms with Gasteiger partial charge in [0.25, 0.3) is 5.91 Å². The van der Waals surface area contributed by atoms with Crippen molar-refractivity contribution in [2.24, 2.45) is 52.8 Å². The lowest BCUT2D eigenvalue weighted by Gasteiger charge is -2.26. The van der Waals surface area contributed by atoms with Crippen LogP contribution in [0.25, 0.3) is 0 Å². The number of hydrogen-bond acceptors (Lipinski definition) is 30. The van der Waals surface area contributed by atoms with Crippen molar-refractivity contribution in [2.45, 2.75) is 261 Å². The summed E-state index contributed by atoms with van der Waals surface area (Å²) in [5.74, 6) is -7.48. The van der Waals surface area contributed by atoms with Crippen LogP contribution in [0.15, 0.2) is 103 Å². The molecule has 6 atom stereocenters. The van der Waals surface area contributed by atoms with Crippen molar-refractivity contribution in [3.05, 3.63) is 109 Å². The first-order valence-electron chi connectivity index (χ1n) is 44.3. The molecule has 36 heteroatoms. The summed E-state index contributed by atoms with van der Waals surface area (Å²) in [5, 5.41) is 17.0. The van der Waals surface area contributed by atoms with E-state index in [0.717, 1.165) is 98.6 Å². The van der Waals surface area contributed by atoms with Crippen LogP contribution < -0.4 is 31.9 Å². The summed E-state index contributed by atoms with van der Waals surface area (Å²) < 4.78 is 58.4. The molecule has 36 nitrogen and oxygen atoms in total. The van der Waals surface area contributed by atoms with Gasteiger partial charge in [0.2, 0.25) is 29.5 Å². The van der Waals surface area contributed by atoms with Gasteiger partial charge in [-0.25, -0.2) is 57.5 Å². The lowest BCUT2D eigenvalue weighted by atomic mass is 9.88. The van der Waals surface area contributed by atoms with Gasteiger partial charge in [0.05, 0.1) is 75.4 Å². The topological polar surface area (TPSA) is 490 Å². The Morgan fingerprint density at radius 3 is 0.847 bits per heavy atom. The molecule has 0 aliphatic heterocycles. The molecular formula is C95H150N6O30. The van der Waals surface area contributed by atoms with Gasteiger partial charge in [-0.05, 0) is 109 Å². The number of carbonyl (C=O) groups is 18. The van der Waals surface area contributed by atoms with E-state index >= 15 is 0 Å². The van der Waals surface area contributed by atoms with Crippen molar-refractivity contribution < 1.29 is 143 Å². The van der Waals surface area contributed by atoms with Gasteiger partial charge in [-0.2, -0.15) is 0 Å². The third-order valence-corrected chi connectivity index (χ3v) is 17.7. The summed E-state index contributed by atoms with van der Waals surface area (Å²) in [4.78, 5) is 206. The van der Waals surface area contributed by atoms with Crippen LogP contribution in [0, 0.1) is 52.8 Å². The van der Waals surface area contributed by atoms with E-state index in [0.29, 0.717) is 12.0 Å². The maximum atomic E-state index is 12.3. The Bertz CT molecular complexity index is 3830. The van der Waals surface area contributed by atoms with Gasteiger partial charge in [-0.15, -0.1) is 0 Å². The van der Waals surface area contributed by atoms with Crippen molar-refractivity contribution in [2.75, 3.05) is 72.7 Å². The minimum absolute atomic E-state index is 0.0161. The van der Waals surface area contributed by atoms with Gasteiger partial charge in [0, 0.05) is 109 Å². The molecule has 1 aliphatic carbocycles. The van der Waals surface area contributed by atoms with Gasteiger partial charge in [0.1, 0.15) is 39.6 Å². The Labute approximate surface area is 773 Å². The van der Waals surface area contributed by atoms with Gasteiger partial charge in [-0.3, -0.25) is 28.8 Å².